The van der Waals surface area contributed by atoms with Crippen LogP contribution in [0.4, 0.5) is 18.9 Å². The molecule has 0 spiro atoms. The average molecular weight is 514 g/mol. The van der Waals surface area contributed by atoms with Crippen molar-refractivity contribution in [2.75, 3.05) is 5.32 Å². The molecule has 0 bridgehead atoms. The highest BCUT2D eigenvalue weighted by Crippen LogP contribution is 2.30. The molecular weight excluding hydrogens is 495 g/mol. The van der Waals surface area contributed by atoms with Gasteiger partial charge in [0.2, 0.25) is 5.91 Å². The van der Waals surface area contributed by atoms with Gasteiger partial charge in [-0.25, -0.2) is 9.67 Å². The lowest BCUT2D eigenvalue weighted by atomic mass is 10.1. The van der Waals surface area contributed by atoms with Gasteiger partial charge >= 0.3 is 6.18 Å². The Morgan fingerprint density at radius 1 is 1.08 bits per heavy atom. The highest BCUT2D eigenvalue weighted by Gasteiger charge is 2.32. The number of amides is 2. The number of hydrogen-bond donors (Lipinski definition) is 2. The molecule has 1 aliphatic carbocycles. The van der Waals surface area contributed by atoms with Gasteiger partial charge in [-0.05, 0) is 54.8 Å². The summed E-state index contributed by atoms with van der Waals surface area (Å²) >= 11 is 6.28. The second-order valence-electron chi connectivity index (χ2n) is 8.45. The molecule has 1 aliphatic rings. The Balaban J connectivity index is 1.37. The van der Waals surface area contributed by atoms with Crippen LogP contribution in [0.15, 0.2) is 60.9 Å². The standard InChI is InChI=1S/C25H19ClF3N5O2/c26-19-8-4-14(11-31-23(35)15-5-6-15)10-17(19)24(36)33-20-2-1-3-21-18(20)13-32-34(21)16-7-9-22(30-12-16)25(27,28)29/h1-4,7-10,12-13,15H,5-6,11H2,(H,31,35)(H,33,36). The summed E-state index contributed by atoms with van der Waals surface area (Å²) in [6.07, 6.45) is -0.138. The summed E-state index contributed by atoms with van der Waals surface area (Å²) in [5.74, 6) is -0.366. The van der Waals surface area contributed by atoms with E-state index < -0.39 is 17.8 Å². The summed E-state index contributed by atoms with van der Waals surface area (Å²) < 4.78 is 40.0. The van der Waals surface area contributed by atoms with Crippen molar-refractivity contribution >= 4 is 40.0 Å². The number of carbonyl (C=O) groups is 2. The SMILES string of the molecule is O=C(Nc1cccc2c1cnn2-c1ccc(C(F)(F)F)nc1)c1cc(CNC(=O)C2CC2)ccc1Cl. The van der Waals surface area contributed by atoms with E-state index >= 15 is 0 Å². The van der Waals surface area contributed by atoms with Gasteiger partial charge in [0.1, 0.15) is 5.69 Å². The van der Waals surface area contributed by atoms with Gasteiger partial charge in [-0.1, -0.05) is 23.7 Å². The van der Waals surface area contributed by atoms with Gasteiger partial charge in [-0.3, -0.25) is 9.59 Å². The van der Waals surface area contributed by atoms with E-state index in [0.29, 0.717) is 22.3 Å². The van der Waals surface area contributed by atoms with Gasteiger partial charge in [0, 0.05) is 17.8 Å². The molecule has 2 aromatic carbocycles. The molecule has 0 atom stereocenters. The van der Waals surface area contributed by atoms with Crippen LogP contribution in [0.1, 0.15) is 34.5 Å². The Morgan fingerprint density at radius 2 is 1.89 bits per heavy atom. The van der Waals surface area contributed by atoms with Crippen LogP contribution in [0, 0.1) is 5.92 Å². The molecule has 0 unspecified atom stereocenters. The molecule has 0 aliphatic heterocycles. The zero-order valence-corrected chi connectivity index (χ0v) is 19.4. The Bertz CT molecular complexity index is 1460. The number of aromatic nitrogens is 3. The number of anilines is 1. The molecule has 4 aromatic rings. The van der Waals surface area contributed by atoms with Crippen LogP contribution < -0.4 is 10.6 Å². The molecule has 2 aromatic heterocycles. The summed E-state index contributed by atoms with van der Waals surface area (Å²) in [5.41, 5.74) is 1.34. The van der Waals surface area contributed by atoms with Crippen molar-refractivity contribution in [2.24, 2.45) is 5.92 Å². The molecule has 2 heterocycles. The normalized spacial score (nSPS) is 13.6. The Labute approximate surface area is 208 Å². The molecule has 5 rings (SSSR count). The van der Waals surface area contributed by atoms with Crippen molar-refractivity contribution in [3.8, 4) is 5.69 Å². The molecule has 1 saturated carbocycles. The lowest BCUT2D eigenvalue weighted by molar-refractivity contribution is -0.141. The van der Waals surface area contributed by atoms with E-state index in [1.165, 1.54) is 16.9 Å². The van der Waals surface area contributed by atoms with E-state index in [1.54, 1.807) is 36.4 Å². The lowest BCUT2D eigenvalue weighted by Gasteiger charge is -2.11. The predicted molar refractivity (Wildman–Crippen MR) is 128 cm³/mol. The van der Waals surface area contributed by atoms with Crippen molar-refractivity contribution in [1.82, 2.24) is 20.1 Å². The number of benzene rings is 2. The largest absolute Gasteiger partial charge is 0.433 e. The highest BCUT2D eigenvalue weighted by atomic mass is 35.5. The molecule has 2 N–H and O–H groups in total. The smallest absolute Gasteiger partial charge is 0.352 e. The third-order valence-electron chi connectivity index (χ3n) is 5.83. The Kier molecular flexibility index (Phi) is 6.13. The van der Waals surface area contributed by atoms with Gasteiger partial charge in [0.15, 0.2) is 0 Å². The fourth-order valence-electron chi connectivity index (χ4n) is 3.77. The first-order valence-electron chi connectivity index (χ1n) is 11.1. The van der Waals surface area contributed by atoms with E-state index in [2.05, 4.69) is 20.7 Å². The maximum absolute atomic E-state index is 13.1. The van der Waals surface area contributed by atoms with E-state index in [1.807, 2.05) is 0 Å². The van der Waals surface area contributed by atoms with Crippen molar-refractivity contribution in [2.45, 2.75) is 25.6 Å². The monoisotopic (exact) mass is 513 g/mol. The molecule has 1 fully saturated rings. The first-order chi connectivity index (χ1) is 17.2. The van der Waals surface area contributed by atoms with Gasteiger partial charge in [-0.2, -0.15) is 18.3 Å². The fraction of sp³-hybridized carbons (Fsp3) is 0.200. The summed E-state index contributed by atoms with van der Waals surface area (Å²) in [6, 6.07) is 12.2. The molecule has 11 heteroatoms. The summed E-state index contributed by atoms with van der Waals surface area (Å²) in [4.78, 5) is 28.5. The minimum Gasteiger partial charge on any atom is -0.352 e. The number of nitrogens with zero attached hydrogens (tertiary/aromatic N) is 3. The van der Waals surface area contributed by atoms with Crippen molar-refractivity contribution in [3.63, 3.8) is 0 Å². The van der Waals surface area contributed by atoms with Gasteiger partial charge in [-0.15, -0.1) is 0 Å². The molecular formula is C25H19ClF3N5O2. The molecule has 0 radical (unpaired) electrons. The van der Waals surface area contributed by atoms with Crippen molar-refractivity contribution < 1.29 is 22.8 Å². The third-order valence-corrected chi connectivity index (χ3v) is 6.16. The lowest BCUT2D eigenvalue weighted by Crippen LogP contribution is -2.24. The molecule has 36 heavy (non-hydrogen) atoms. The summed E-state index contributed by atoms with van der Waals surface area (Å²) in [5, 5.41) is 10.8. The number of pyridine rings is 1. The van der Waals surface area contributed by atoms with Crippen molar-refractivity contribution in [3.05, 3.63) is 82.8 Å². The van der Waals surface area contributed by atoms with E-state index in [0.717, 1.165) is 30.7 Å². The van der Waals surface area contributed by atoms with Crippen LogP contribution in [-0.4, -0.2) is 26.6 Å². The van der Waals surface area contributed by atoms with Crippen LogP contribution in [0.2, 0.25) is 5.02 Å². The van der Waals surface area contributed by atoms with E-state index in [-0.39, 0.29) is 29.0 Å². The first-order valence-corrected chi connectivity index (χ1v) is 11.5. The number of carbonyl (C=O) groups excluding carboxylic acids is 2. The van der Waals surface area contributed by atoms with Crippen LogP contribution in [0.25, 0.3) is 16.6 Å². The molecule has 0 saturated heterocycles. The Morgan fingerprint density at radius 3 is 2.58 bits per heavy atom. The summed E-state index contributed by atoms with van der Waals surface area (Å²) in [6.45, 7) is 0.288. The average Bonchev–Trinajstić information content (AvgIpc) is 3.62. The number of rotatable bonds is 6. The van der Waals surface area contributed by atoms with E-state index in [9.17, 15) is 22.8 Å². The number of fused-ring (bicyclic) bond motifs is 1. The number of halogens is 4. The minimum absolute atomic E-state index is 0.00267. The molecule has 2 amide bonds. The van der Waals surface area contributed by atoms with Crippen LogP contribution in [0.3, 0.4) is 0 Å². The molecule has 7 nitrogen and oxygen atoms in total. The quantitative estimate of drug-likeness (QED) is 0.363. The van der Waals surface area contributed by atoms with Crippen LogP contribution in [-0.2, 0) is 17.5 Å². The number of nitrogens with one attached hydrogen (secondary N) is 2. The number of alkyl halides is 3. The van der Waals surface area contributed by atoms with Gasteiger partial charge in [0.05, 0.1) is 39.9 Å². The van der Waals surface area contributed by atoms with E-state index in [4.69, 9.17) is 11.6 Å². The zero-order valence-electron chi connectivity index (χ0n) is 18.6. The Hall–Kier alpha value is -3.92. The fourth-order valence-corrected chi connectivity index (χ4v) is 3.97. The topological polar surface area (TPSA) is 88.9 Å². The van der Waals surface area contributed by atoms with Crippen molar-refractivity contribution in [1.29, 1.82) is 0 Å². The molecule has 184 valence electrons. The first kappa shape index (κ1) is 23.8. The maximum Gasteiger partial charge on any atom is 0.433 e. The van der Waals surface area contributed by atoms with Gasteiger partial charge in [0.25, 0.3) is 5.91 Å². The third kappa shape index (κ3) is 4.90. The second-order valence-corrected chi connectivity index (χ2v) is 8.86. The highest BCUT2D eigenvalue weighted by molar-refractivity contribution is 6.34. The van der Waals surface area contributed by atoms with Crippen LogP contribution >= 0.6 is 11.6 Å². The summed E-state index contributed by atoms with van der Waals surface area (Å²) in [7, 11) is 0. The van der Waals surface area contributed by atoms with Gasteiger partial charge < -0.3 is 10.6 Å². The zero-order chi connectivity index (χ0) is 25.4. The van der Waals surface area contributed by atoms with Crippen LogP contribution in [0.5, 0.6) is 0 Å². The predicted octanol–water partition coefficient (Wildman–Crippen LogP) is 5.37. The number of hydrogen-bond acceptors (Lipinski definition) is 4. The second kappa shape index (κ2) is 9.27. The minimum atomic E-state index is -4.54. The maximum atomic E-state index is 13.1.